The summed E-state index contributed by atoms with van der Waals surface area (Å²) in [7, 11) is 0. The zero-order valence-electron chi connectivity index (χ0n) is 22.6. The molecule has 0 saturated heterocycles. The highest BCUT2D eigenvalue weighted by molar-refractivity contribution is 5.82. The van der Waals surface area contributed by atoms with Crippen LogP contribution >= 0.6 is 0 Å². The molecular formula is C34H26N2O4. The number of benzene rings is 4. The molecule has 0 amide bonds. The second kappa shape index (κ2) is 11.2. The molecule has 4 aromatic carbocycles. The topological polar surface area (TPSA) is 86.2 Å². The highest BCUT2D eigenvalue weighted by Gasteiger charge is 2.11. The molecule has 0 radical (unpaired) electrons. The average Bonchev–Trinajstić information content (AvgIpc) is 2.98. The number of hydrogen-bond donors (Lipinski definition) is 0. The molecule has 0 spiro atoms. The van der Waals surface area contributed by atoms with Gasteiger partial charge in [-0.15, -0.1) is 0 Å². The van der Waals surface area contributed by atoms with Crippen LogP contribution in [0.25, 0.3) is 44.7 Å². The van der Waals surface area contributed by atoms with Crippen LogP contribution in [0.1, 0.15) is 36.1 Å². The lowest BCUT2D eigenvalue weighted by molar-refractivity contribution is 0.518. The van der Waals surface area contributed by atoms with E-state index in [4.69, 9.17) is 8.83 Å². The smallest absolute Gasteiger partial charge is 0.347 e. The summed E-state index contributed by atoms with van der Waals surface area (Å²) in [6.07, 6.45) is 0. The van der Waals surface area contributed by atoms with Crippen LogP contribution in [-0.2, 0) is 0 Å². The monoisotopic (exact) mass is 526 g/mol. The number of fused-ring (bicyclic) bond motifs is 2. The standard InChI is InChI=1S/C32H20N2O4.C2H6/c1-19-5-3-7-25-27(19)33-29(37-31(25)35)23-15-11-21(12-16-23)9-10-22-13-17-24(18-14-22)30-34-28-20(2)6-4-8-26(28)32(36)38-30;1-2/h3-8,11-18H,1-2H3;1-2H3. The molecule has 0 N–H and O–H groups in total. The molecule has 0 saturated carbocycles. The van der Waals surface area contributed by atoms with Gasteiger partial charge >= 0.3 is 11.3 Å². The lowest BCUT2D eigenvalue weighted by atomic mass is 10.1. The lowest BCUT2D eigenvalue weighted by Crippen LogP contribution is -2.03. The van der Waals surface area contributed by atoms with Gasteiger partial charge in [-0.25, -0.2) is 19.6 Å². The average molecular weight is 527 g/mol. The SMILES string of the molecule is CC.Cc1cccc2c(=O)oc(-c3ccc(C#Cc4ccc(-c5nc6c(C)cccc6c(=O)o5)cc4)cc3)nc12. The van der Waals surface area contributed by atoms with E-state index in [9.17, 15) is 9.59 Å². The first-order valence-electron chi connectivity index (χ1n) is 13.0. The van der Waals surface area contributed by atoms with Crippen molar-refractivity contribution in [1.29, 1.82) is 0 Å². The molecule has 0 aliphatic heterocycles. The Morgan fingerprint density at radius 1 is 0.550 bits per heavy atom. The first-order valence-corrected chi connectivity index (χ1v) is 13.0. The molecule has 6 heteroatoms. The Labute approximate surface area is 231 Å². The lowest BCUT2D eigenvalue weighted by Gasteiger charge is -2.04. The van der Waals surface area contributed by atoms with Crippen molar-refractivity contribution >= 4 is 21.8 Å². The predicted octanol–water partition coefficient (Wildman–Crippen LogP) is 7.07. The molecule has 0 fully saturated rings. The molecule has 2 heterocycles. The van der Waals surface area contributed by atoms with Crippen LogP contribution in [-0.4, -0.2) is 9.97 Å². The molecule has 40 heavy (non-hydrogen) atoms. The van der Waals surface area contributed by atoms with Crippen LogP contribution in [0.2, 0.25) is 0 Å². The Bertz CT molecular complexity index is 1880. The predicted molar refractivity (Wildman–Crippen MR) is 158 cm³/mol. The van der Waals surface area contributed by atoms with Gasteiger partial charge in [-0.05, 0) is 85.6 Å². The van der Waals surface area contributed by atoms with Crippen molar-refractivity contribution in [3.63, 3.8) is 0 Å². The molecule has 0 bridgehead atoms. The fraction of sp³-hybridized carbons (Fsp3) is 0.118. The van der Waals surface area contributed by atoms with Crippen LogP contribution in [0.15, 0.2) is 103 Å². The molecule has 6 aromatic rings. The summed E-state index contributed by atoms with van der Waals surface area (Å²) in [4.78, 5) is 33.9. The van der Waals surface area contributed by atoms with Crippen molar-refractivity contribution in [1.82, 2.24) is 9.97 Å². The first-order chi connectivity index (χ1) is 19.5. The number of hydrogen-bond acceptors (Lipinski definition) is 6. The number of aryl methyl sites for hydroxylation is 2. The van der Waals surface area contributed by atoms with Gasteiger partial charge in [0, 0.05) is 22.3 Å². The molecule has 0 aliphatic carbocycles. The normalized spacial score (nSPS) is 10.5. The highest BCUT2D eigenvalue weighted by Crippen LogP contribution is 2.22. The van der Waals surface area contributed by atoms with E-state index in [1.54, 1.807) is 12.1 Å². The minimum absolute atomic E-state index is 0.274. The van der Waals surface area contributed by atoms with Crippen molar-refractivity contribution in [3.8, 4) is 34.7 Å². The van der Waals surface area contributed by atoms with Crippen molar-refractivity contribution in [2.24, 2.45) is 0 Å². The van der Waals surface area contributed by atoms with E-state index in [-0.39, 0.29) is 11.8 Å². The number of para-hydroxylation sites is 2. The Morgan fingerprint density at radius 2 is 0.925 bits per heavy atom. The fourth-order valence-corrected chi connectivity index (χ4v) is 4.26. The maximum Gasteiger partial charge on any atom is 0.347 e. The van der Waals surface area contributed by atoms with E-state index in [0.717, 1.165) is 22.3 Å². The second-order valence-electron chi connectivity index (χ2n) is 8.96. The molecule has 6 nitrogen and oxygen atoms in total. The quantitative estimate of drug-likeness (QED) is 0.224. The van der Waals surface area contributed by atoms with Crippen LogP contribution in [0.4, 0.5) is 0 Å². The largest absolute Gasteiger partial charge is 0.403 e. The van der Waals surface area contributed by atoms with Crippen LogP contribution in [0, 0.1) is 25.7 Å². The Hall–Kier alpha value is -5.28. The van der Waals surface area contributed by atoms with Gasteiger partial charge in [0.15, 0.2) is 0 Å². The molecular weight excluding hydrogens is 500 g/mol. The summed E-state index contributed by atoms with van der Waals surface area (Å²) in [6.45, 7) is 7.83. The van der Waals surface area contributed by atoms with Gasteiger partial charge in [-0.3, -0.25) is 0 Å². The van der Waals surface area contributed by atoms with Gasteiger partial charge < -0.3 is 8.83 Å². The molecule has 0 atom stereocenters. The minimum Gasteiger partial charge on any atom is -0.403 e. The highest BCUT2D eigenvalue weighted by atomic mass is 16.4. The van der Waals surface area contributed by atoms with E-state index in [2.05, 4.69) is 21.8 Å². The molecule has 196 valence electrons. The molecule has 0 unspecified atom stereocenters. The summed E-state index contributed by atoms with van der Waals surface area (Å²) < 4.78 is 10.9. The maximum absolute atomic E-state index is 12.4. The Balaban J connectivity index is 0.00000158. The summed E-state index contributed by atoms with van der Waals surface area (Å²) in [5.41, 5.74) is 5.29. The zero-order valence-corrected chi connectivity index (χ0v) is 22.6. The fourth-order valence-electron chi connectivity index (χ4n) is 4.26. The van der Waals surface area contributed by atoms with Crippen molar-refractivity contribution in [3.05, 3.63) is 128 Å². The Morgan fingerprint density at radius 3 is 1.30 bits per heavy atom. The van der Waals surface area contributed by atoms with Crippen LogP contribution in [0.3, 0.4) is 0 Å². The first kappa shape index (κ1) is 26.3. The van der Waals surface area contributed by atoms with Crippen LogP contribution in [0.5, 0.6) is 0 Å². The number of nitrogens with zero attached hydrogens (tertiary/aromatic N) is 2. The minimum atomic E-state index is -0.408. The maximum atomic E-state index is 12.4. The third-order valence-corrected chi connectivity index (χ3v) is 6.34. The summed E-state index contributed by atoms with van der Waals surface area (Å²) in [5, 5.41) is 0.937. The summed E-state index contributed by atoms with van der Waals surface area (Å²) in [5.74, 6) is 6.82. The number of aromatic nitrogens is 2. The molecule has 6 rings (SSSR count). The van der Waals surface area contributed by atoms with Gasteiger partial charge in [0.1, 0.15) is 0 Å². The van der Waals surface area contributed by atoms with Gasteiger partial charge in [0.2, 0.25) is 11.8 Å². The third-order valence-electron chi connectivity index (χ3n) is 6.34. The van der Waals surface area contributed by atoms with Crippen LogP contribution < -0.4 is 11.3 Å². The molecule has 0 aliphatic rings. The van der Waals surface area contributed by atoms with Crippen molar-refractivity contribution in [2.45, 2.75) is 27.7 Å². The van der Waals surface area contributed by atoms with E-state index in [1.165, 1.54) is 0 Å². The summed E-state index contributed by atoms with van der Waals surface area (Å²) in [6, 6.07) is 25.6. The van der Waals surface area contributed by atoms with Crippen molar-refractivity contribution in [2.75, 3.05) is 0 Å². The zero-order chi connectivity index (χ0) is 28.2. The van der Waals surface area contributed by atoms with Gasteiger partial charge in [0.05, 0.1) is 21.8 Å². The molecule has 2 aromatic heterocycles. The van der Waals surface area contributed by atoms with E-state index >= 15 is 0 Å². The number of rotatable bonds is 2. The third kappa shape index (κ3) is 5.18. The van der Waals surface area contributed by atoms with E-state index in [1.807, 2.05) is 100 Å². The summed E-state index contributed by atoms with van der Waals surface area (Å²) >= 11 is 0. The Kier molecular flexibility index (Phi) is 7.39. The second-order valence-corrected chi connectivity index (χ2v) is 8.96. The van der Waals surface area contributed by atoms with E-state index < -0.39 is 11.3 Å². The van der Waals surface area contributed by atoms with E-state index in [0.29, 0.717) is 32.9 Å². The van der Waals surface area contributed by atoms with Gasteiger partial charge in [-0.1, -0.05) is 50.0 Å². The van der Waals surface area contributed by atoms with Gasteiger partial charge in [-0.2, -0.15) is 0 Å². The van der Waals surface area contributed by atoms with Crippen molar-refractivity contribution < 1.29 is 8.83 Å². The van der Waals surface area contributed by atoms with Gasteiger partial charge in [0.25, 0.3) is 0 Å².